The van der Waals surface area contributed by atoms with Crippen LogP contribution in [0.2, 0.25) is 0 Å². The Kier molecular flexibility index (Phi) is 4.08. The maximum atomic E-state index is 5.42. The number of hydrogen-bond donors (Lipinski definition) is 1. The Labute approximate surface area is 89.6 Å². The van der Waals surface area contributed by atoms with Gasteiger partial charge in [0.05, 0.1) is 12.7 Å². The summed E-state index contributed by atoms with van der Waals surface area (Å²) in [7, 11) is 0. The van der Waals surface area contributed by atoms with Crippen LogP contribution in [0.5, 0.6) is 0 Å². The van der Waals surface area contributed by atoms with Gasteiger partial charge in [-0.05, 0) is 18.1 Å². The van der Waals surface area contributed by atoms with Crippen LogP contribution in [0.15, 0.2) is 24.5 Å². The number of nitrogens with zero attached hydrogens (tertiary/aromatic N) is 1. The van der Waals surface area contributed by atoms with E-state index in [0.717, 1.165) is 26.1 Å². The summed E-state index contributed by atoms with van der Waals surface area (Å²) < 4.78 is 10.5. The van der Waals surface area contributed by atoms with Crippen LogP contribution in [0.25, 0.3) is 0 Å². The molecule has 2 heterocycles. The van der Waals surface area contributed by atoms with E-state index < -0.39 is 0 Å². The summed E-state index contributed by atoms with van der Waals surface area (Å²) in [6.07, 6.45) is 4.92. The van der Waals surface area contributed by atoms with Gasteiger partial charge in [0.2, 0.25) is 0 Å². The molecule has 1 N–H and O–H groups in total. The lowest BCUT2D eigenvalue weighted by Gasteiger charge is -2.22. The highest BCUT2D eigenvalue weighted by atomic mass is 16.7. The topological polar surface area (TPSA) is 43.4 Å². The molecular formula is C11H16N2O2. The van der Waals surface area contributed by atoms with Gasteiger partial charge in [-0.25, -0.2) is 0 Å². The van der Waals surface area contributed by atoms with E-state index in [2.05, 4.69) is 16.4 Å². The highest BCUT2D eigenvalue weighted by Crippen LogP contribution is 2.04. The van der Waals surface area contributed by atoms with Gasteiger partial charge in [0, 0.05) is 25.5 Å². The zero-order valence-electron chi connectivity index (χ0n) is 8.69. The average Bonchev–Trinajstić information content (AvgIpc) is 2.32. The summed E-state index contributed by atoms with van der Waals surface area (Å²) in [5.41, 5.74) is 1.20. The van der Waals surface area contributed by atoms with Crippen LogP contribution in [0, 0.1) is 0 Å². The van der Waals surface area contributed by atoms with Crippen LogP contribution >= 0.6 is 0 Å². The van der Waals surface area contributed by atoms with E-state index in [9.17, 15) is 0 Å². The number of rotatable bonds is 4. The van der Waals surface area contributed by atoms with Crippen molar-refractivity contribution in [3.05, 3.63) is 30.1 Å². The highest BCUT2D eigenvalue weighted by Gasteiger charge is 2.12. The first-order valence-corrected chi connectivity index (χ1v) is 5.24. The molecule has 1 aliphatic heterocycles. The Hall–Kier alpha value is -0.970. The normalized spacial score (nSPS) is 21.5. The summed E-state index contributed by atoms with van der Waals surface area (Å²) >= 11 is 0. The molecule has 1 aliphatic rings. The van der Waals surface area contributed by atoms with Crippen LogP contribution < -0.4 is 5.32 Å². The summed E-state index contributed by atoms with van der Waals surface area (Å²) in [5, 5.41) is 3.35. The minimum absolute atomic E-state index is 0.287. The fraction of sp³-hybridized carbons (Fsp3) is 0.545. The second-order valence-corrected chi connectivity index (χ2v) is 3.60. The number of hydrogen-bond acceptors (Lipinski definition) is 4. The Balaban J connectivity index is 1.66. The fourth-order valence-corrected chi connectivity index (χ4v) is 1.54. The largest absolute Gasteiger partial charge is 0.355 e. The quantitative estimate of drug-likeness (QED) is 0.799. The lowest BCUT2D eigenvalue weighted by Crippen LogP contribution is -2.33. The van der Waals surface area contributed by atoms with E-state index in [1.54, 1.807) is 6.20 Å². The van der Waals surface area contributed by atoms with Gasteiger partial charge in [0.15, 0.2) is 0 Å². The SMILES string of the molecule is c1cncc(CNCC2CCOCO2)c1. The van der Waals surface area contributed by atoms with Crippen molar-refractivity contribution >= 4 is 0 Å². The molecule has 0 aliphatic carbocycles. The van der Waals surface area contributed by atoms with Gasteiger partial charge >= 0.3 is 0 Å². The summed E-state index contributed by atoms with van der Waals surface area (Å²) in [6, 6.07) is 4.01. The van der Waals surface area contributed by atoms with E-state index in [1.165, 1.54) is 5.56 Å². The van der Waals surface area contributed by atoms with Crippen LogP contribution in [0.1, 0.15) is 12.0 Å². The minimum Gasteiger partial charge on any atom is -0.355 e. The molecule has 4 nitrogen and oxygen atoms in total. The van der Waals surface area contributed by atoms with Crippen LogP contribution in [-0.4, -0.2) is 31.0 Å². The third-order valence-electron chi connectivity index (χ3n) is 2.40. The predicted octanol–water partition coefficient (Wildman–Crippen LogP) is 0.934. The molecule has 1 unspecified atom stereocenters. The van der Waals surface area contributed by atoms with E-state index in [0.29, 0.717) is 6.79 Å². The monoisotopic (exact) mass is 208 g/mol. The first-order chi connectivity index (χ1) is 7.45. The van der Waals surface area contributed by atoms with Crippen molar-refractivity contribution in [2.75, 3.05) is 19.9 Å². The summed E-state index contributed by atoms with van der Waals surface area (Å²) in [6.45, 7) is 2.95. The van der Waals surface area contributed by atoms with Crippen LogP contribution in [-0.2, 0) is 16.0 Å². The molecule has 82 valence electrons. The third kappa shape index (κ3) is 3.58. The van der Waals surface area contributed by atoms with Crippen molar-refractivity contribution in [1.82, 2.24) is 10.3 Å². The van der Waals surface area contributed by atoms with Crippen LogP contribution in [0.4, 0.5) is 0 Å². The lowest BCUT2D eigenvalue weighted by molar-refractivity contribution is -0.137. The van der Waals surface area contributed by atoms with Crippen molar-refractivity contribution in [1.29, 1.82) is 0 Å². The predicted molar refractivity (Wildman–Crippen MR) is 56.3 cm³/mol. The summed E-state index contributed by atoms with van der Waals surface area (Å²) in [4.78, 5) is 4.06. The molecule has 0 amide bonds. The maximum absolute atomic E-state index is 5.42. The summed E-state index contributed by atoms with van der Waals surface area (Å²) in [5.74, 6) is 0. The molecule has 2 rings (SSSR count). The molecule has 1 saturated heterocycles. The van der Waals surface area contributed by atoms with Crippen molar-refractivity contribution in [2.24, 2.45) is 0 Å². The number of ether oxygens (including phenoxy) is 2. The third-order valence-corrected chi connectivity index (χ3v) is 2.40. The van der Waals surface area contributed by atoms with Crippen molar-refractivity contribution in [3.8, 4) is 0 Å². The number of nitrogens with one attached hydrogen (secondary N) is 1. The average molecular weight is 208 g/mol. The lowest BCUT2D eigenvalue weighted by atomic mass is 10.2. The molecule has 1 aromatic heterocycles. The molecule has 1 fully saturated rings. The van der Waals surface area contributed by atoms with E-state index in [-0.39, 0.29) is 6.10 Å². The first kappa shape index (κ1) is 10.5. The van der Waals surface area contributed by atoms with Crippen molar-refractivity contribution < 1.29 is 9.47 Å². The highest BCUT2D eigenvalue weighted by molar-refractivity contribution is 5.07. The molecule has 4 heteroatoms. The zero-order valence-corrected chi connectivity index (χ0v) is 8.69. The molecular weight excluding hydrogens is 192 g/mol. The van der Waals surface area contributed by atoms with Gasteiger partial charge in [0.1, 0.15) is 6.79 Å². The Morgan fingerprint density at radius 1 is 1.53 bits per heavy atom. The van der Waals surface area contributed by atoms with Gasteiger partial charge < -0.3 is 14.8 Å². The first-order valence-electron chi connectivity index (χ1n) is 5.24. The molecule has 0 saturated carbocycles. The van der Waals surface area contributed by atoms with E-state index >= 15 is 0 Å². The second kappa shape index (κ2) is 5.80. The Bertz CT molecular complexity index is 273. The second-order valence-electron chi connectivity index (χ2n) is 3.60. The van der Waals surface area contributed by atoms with Crippen LogP contribution in [0.3, 0.4) is 0 Å². The van der Waals surface area contributed by atoms with Crippen molar-refractivity contribution in [3.63, 3.8) is 0 Å². The molecule has 0 aromatic carbocycles. The van der Waals surface area contributed by atoms with Gasteiger partial charge in [0.25, 0.3) is 0 Å². The standard InChI is InChI=1S/C11H16N2O2/c1-2-10(6-12-4-1)7-13-8-11-3-5-14-9-15-11/h1-2,4,6,11,13H,3,5,7-9H2. The van der Waals surface area contributed by atoms with Gasteiger partial charge in [-0.2, -0.15) is 0 Å². The van der Waals surface area contributed by atoms with Gasteiger partial charge in [-0.15, -0.1) is 0 Å². The van der Waals surface area contributed by atoms with E-state index in [4.69, 9.17) is 9.47 Å². The number of aromatic nitrogens is 1. The molecule has 15 heavy (non-hydrogen) atoms. The molecule has 1 atom stereocenters. The minimum atomic E-state index is 0.287. The number of pyridine rings is 1. The molecule has 1 aromatic rings. The van der Waals surface area contributed by atoms with E-state index in [1.807, 2.05) is 12.3 Å². The van der Waals surface area contributed by atoms with Crippen molar-refractivity contribution in [2.45, 2.75) is 19.1 Å². The fourth-order valence-electron chi connectivity index (χ4n) is 1.54. The Morgan fingerprint density at radius 3 is 3.27 bits per heavy atom. The van der Waals surface area contributed by atoms with Gasteiger partial charge in [-0.3, -0.25) is 4.98 Å². The molecule has 0 bridgehead atoms. The Morgan fingerprint density at radius 2 is 2.53 bits per heavy atom. The molecule has 0 radical (unpaired) electrons. The van der Waals surface area contributed by atoms with Gasteiger partial charge in [-0.1, -0.05) is 6.07 Å². The maximum Gasteiger partial charge on any atom is 0.147 e. The molecule has 0 spiro atoms. The zero-order chi connectivity index (χ0) is 10.3. The smallest absolute Gasteiger partial charge is 0.147 e.